The number of carbonyl (C=O) groups excluding carboxylic acids is 3. The molecule has 3 aliphatic heterocycles. The summed E-state index contributed by atoms with van der Waals surface area (Å²) < 4.78 is 18.7. The third kappa shape index (κ3) is 12.5. The van der Waals surface area contributed by atoms with Gasteiger partial charge in [0.15, 0.2) is 17.3 Å². The monoisotopic (exact) mass is 1000 g/mol. The third-order valence-corrected chi connectivity index (χ3v) is 17.1. The summed E-state index contributed by atoms with van der Waals surface area (Å²) in [5.41, 5.74) is 4.85. The molecule has 7 atom stereocenters. The second-order valence-corrected chi connectivity index (χ2v) is 22.9. The van der Waals surface area contributed by atoms with Crippen molar-refractivity contribution in [2.75, 3.05) is 58.9 Å². The lowest BCUT2D eigenvalue weighted by molar-refractivity contribution is 0.0807. The highest BCUT2D eigenvalue weighted by Crippen LogP contribution is 2.50. The Labute approximate surface area is 443 Å². The van der Waals surface area contributed by atoms with Crippen molar-refractivity contribution in [3.8, 4) is 34.5 Å². The van der Waals surface area contributed by atoms with E-state index in [0.29, 0.717) is 35.2 Å². The van der Waals surface area contributed by atoms with Crippen molar-refractivity contribution in [2.24, 2.45) is 35.5 Å². The number of ether oxygens (including phenoxy) is 3. The van der Waals surface area contributed by atoms with Gasteiger partial charge in [0.25, 0.3) is 0 Å². The van der Waals surface area contributed by atoms with Gasteiger partial charge in [-0.3, -0.25) is 14.4 Å². The summed E-state index contributed by atoms with van der Waals surface area (Å²) in [6.45, 7) is 8.83. The van der Waals surface area contributed by atoms with E-state index in [0.717, 1.165) is 156 Å². The molecule has 0 amide bonds. The maximum Gasteiger partial charge on any atom is 0.167 e. The highest BCUT2D eigenvalue weighted by Gasteiger charge is 2.42. The number of ketones is 3. The van der Waals surface area contributed by atoms with Crippen LogP contribution in [-0.4, -0.2) is 91.0 Å². The molecule has 3 saturated heterocycles. The number of para-hydroxylation sites is 1. The number of hydrogen-bond acceptors (Lipinski definition) is 9. The summed E-state index contributed by atoms with van der Waals surface area (Å²) in [4.78, 5) is 48.7. The average molecular weight is 1000 g/mol. The highest BCUT2D eigenvalue weighted by atomic mass is 16.5. The van der Waals surface area contributed by atoms with E-state index in [1.165, 1.54) is 24.0 Å². The molecule has 6 aromatic rings. The molecule has 0 aromatic heterocycles. The van der Waals surface area contributed by atoms with Crippen LogP contribution in [0.15, 0.2) is 152 Å². The predicted octanol–water partition coefficient (Wildman–Crippen LogP) is 13.8. The molecule has 0 radical (unpaired) electrons. The summed E-state index contributed by atoms with van der Waals surface area (Å²) >= 11 is 0. The minimum atomic E-state index is -0.0291. The van der Waals surface area contributed by atoms with Crippen LogP contribution in [0.5, 0.6) is 34.5 Å². The van der Waals surface area contributed by atoms with E-state index in [4.69, 9.17) is 14.2 Å². The van der Waals surface area contributed by atoms with Crippen molar-refractivity contribution in [1.29, 1.82) is 0 Å². The molecule has 3 unspecified atom stereocenters. The Morgan fingerprint density at radius 2 is 0.813 bits per heavy atom. The van der Waals surface area contributed by atoms with E-state index in [-0.39, 0.29) is 35.1 Å². The Bertz CT molecular complexity index is 2950. The number of nitrogens with zero attached hydrogens (tertiary/aromatic N) is 3. The van der Waals surface area contributed by atoms with Crippen LogP contribution >= 0.6 is 0 Å². The maximum absolute atomic E-state index is 14.1. The smallest absolute Gasteiger partial charge is 0.167 e. The van der Waals surface area contributed by atoms with E-state index < -0.39 is 0 Å². The lowest BCUT2D eigenvalue weighted by Crippen LogP contribution is -2.39. The Balaban J connectivity index is 0.586. The minimum absolute atomic E-state index is 0.0154. The van der Waals surface area contributed by atoms with Crippen LogP contribution in [0.2, 0.25) is 0 Å². The second kappa shape index (κ2) is 22.4. The van der Waals surface area contributed by atoms with Crippen LogP contribution in [0, 0.1) is 35.5 Å². The van der Waals surface area contributed by atoms with Crippen LogP contribution in [0.1, 0.15) is 118 Å². The van der Waals surface area contributed by atoms with Gasteiger partial charge in [0.05, 0.1) is 0 Å². The molecular formula is C66H71N3O6. The summed E-state index contributed by atoms with van der Waals surface area (Å²) in [5.74, 6) is 8.16. The van der Waals surface area contributed by atoms with Crippen molar-refractivity contribution in [1.82, 2.24) is 14.7 Å². The molecular weight excluding hydrogens is 931 g/mol. The Kier molecular flexibility index (Phi) is 14.8. The lowest BCUT2D eigenvalue weighted by atomic mass is 9.89. The zero-order valence-corrected chi connectivity index (χ0v) is 43.3. The predicted molar refractivity (Wildman–Crippen MR) is 294 cm³/mol. The Hall–Kier alpha value is -6.39. The molecule has 9 heteroatoms. The SMILES string of the molecule is O=C(c1ccc(Oc2ccc(C3CC3CN3CCC[C@@H](C(=O)c4cccc(Oc5cccc([C@@H]6CC6CN6CCC[C@H](C(=O)c7cccc(Oc8ccccc8)c7)C6)c5)c4)C3)cc2)cc1)[C@@H]1CCCN(CC2CC2)C1. The van der Waals surface area contributed by atoms with Crippen molar-refractivity contribution >= 4 is 17.3 Å². The zero-order chi connectivity index (χ0) is 50.7. The standard InChI is InChI=1S/C66H71N3O6/c70-64(51-13-7-31-67(40-51)39-45-21-22-45)47-25-29-58(30-26-47)73-57-27-23-46(24-28-57)62-37-54(62)43-68-32-8-14-52(41-68)66(72)50-12-6-20-61(36-50)75-59-18-4-10-48(34-59)63-38-55(63)44-69-33-9-15-53(42-69)65(71)49-11-5-19-60(35-49)74-56-16-2-1-3-17-56/h1-6,10-12,16-20,23-30,34-36,45,51-55,62-63H,7-9,13-15,21-22,31-33,37-44H2/t51-,52-,53+,54?,55?,62?,63+/m1/s1. The van der Waals surface area contributed by atoms with Crippen molar-refractivity contribution in [2.45, 2.75) is 76.0 Å². The number of rotatable bonds is 20. The van der Waals surface area contributed by atoms with Crippen LogP contribution in [-0.2, 0) is 0 Å². The molecule has 6 aromatic carbocycles. The first-order chi connectivity index (χ1) is 36.8. The molecule has 75 heavy (non-hydrogen) atoms. The first kappa shape index (κ1) is 49.5. The number of carbonyl (C=O) groups is 3. The normalized spacial score (nSPS) is 25.0. The molecule has 9 nitrogen and oxygen atoms in total. The molecule has 0 N–H and O–H groups in total. The van der Waals surface area contributed by atoms with Crippen molar-refractivity contribution < 1.29 is 28.6 Å². The fraction of sp³-hybridized carbons (Fsp3) is 0.409. The number of benzene rings is 6. The van der Waals surface area contributed by atoms with Gasteiger partial charge in [0, 0.05) is 73.7 Å². The van der Waals surface area contributed by atoms with Gasteiger partial charge in [0.1, 0.15) is 34.5 Å². The molecule has 0 bridgehead atoms. The Morgan fingerprint density at radius 3 is 1.36 bits per heavy atom. The quantitative estimate of drug-likeness (QED) is 0.0694. The van der Waals surface area contributed by atoms with E-state index in [9.17, 15) is 14.4 Å². The Morgan fingerprint density at radius 1 is 0.387 bits per heavy atom. The van der Waals surface area contributed by atoms with Crippen LogP contribution < -0.4 is 14.2 Å². The minimum Gasteiger partial charge on any atom is -0.457 e. The summed E-state index contributed by atoms with van der Waals surface area (Å²) in [7, 11) is 0. The summed E-state index contributed by atoms with van der Waals surface area (Å²) in [6.07, 6.45) is 10.9. The average Bonchev–Trinajstić information content (AvgIpc) is 4.37. The largest absolute Gasteiger partial charge is 0.457 e. The van der Waals surface area contributed by atoms with Crippen molar-refractivity contribution in [3.05, 3.63) is 179 Å². The van der Waals surface area contributed by atoms with Gasteiger partial charge in [-0.05, 0) is 209 Å². The summed E-state index contributed by atoms with van der Waals surface area (Å²) in [6, 6.07) is 49.8. The topological polar surface area (TPSA) is 88.6 Å². The van der Waals surface area contributed by atoms with Gasteiger partial charge in [0.2, 0.25) is 0 Å². The maximum atomic E-state index is 14.1. The molecule has 12 rings (SSSR count). The van der Waals surface area contributed by atoms with Gasteiger partial charge in [-0.25, -0.2) is 0 Å². The second-order valence-electron chi connectivity index (χ2n) is 22.9. The molecule has 3 heterocycles. The van der Waals surface area contributed by atoms with Gasteiger partial charge in [-0.2, -0.15) is 0 Å². The number of likely N-dealkylation sites (tertiary alicyclic amines) is 3. The van der Waals surface area contributed by atoms with E-state index in [2.05, 4.69) is 57.2 Å². The molecule has 0 spiro atoms. The molecule has 3 aliphatic carbocycles. The first-order valence-corrected chi connectivity index (χ1v) is 28.2. The number of Topliss-reactive ketones (excluding diaryl/α,β-unsaturated/α-hetero) is 3. The first-order valence-electron chi connectivity index (χ1n) is 28.2. The van der Waals surface area contributed by atoms with Gasteiger partial charge in [-0.15, -0.1) is 0 Å². The van der Waals surface area contributed by atoms with Gasteiger partial charge >= 0.3 is 0 Å². The van der Waals surface area contributed by atoms with Crippen LogP contribution in [0.4, 0.5) is 0 Å². The van der Waals surface area contributed by atoms with Gasteiger partial charge in [-0.1, -0.05) is 66.7 Å². The van der Waals surface area contributed by atoms with Crippen LogP contribution in [0.25, 0.3) is 0 Å². The zero-order valence-electron chi connectivity index (χ0n) is 43.3. The number of hydrogen-bond donors (Lipinski definition) is 0. The highest BCUT2D eigenvalue weighted by molar-refractivity contribution is 5.99. The van der Waals surface area contributed by atoms with E-state index >= 15 is 0 Å². The summed E-state index contributed by atoms with van der Waals surface area (Å²) in [5, 5.41) is 0. The third-order valence-electron chi connectivity index (χ3n) is 17.1. The van der Waals surface area contributed by atoms with Crippen LogP contribution in [0.3, 0.4) is 0 Å². The fourth-order valence-electron chi connectivity index (χ4n) is 12.7. The molecule has 386 valence electrons. The molecule has 6 aliphatic rings. The van der Waals surface area contributed by atoms with Gasteiger partial charge < -0.3 is 28.9 Å². The van der Waals surface area contributed by atoms with E-state index in [1.54, 1.807) is 0 Å². The molecule has 3 saturated carbocycles. The van der Waals surface area contributed by atoms with Crippen molar-refractivity contribution in [3.63, 3.8) is 0 Å². The molecule has 6 fully saturated rings. The van der Waals surface area contributed by atoms with E-state index in [1.807, 2.05) is 109 Å². The lowest BCUT2D eigenvalue weighted by Gasteiger charge is -2.32. The number of piperidine rings is 3. The fourth-order valence-corrected chi connectivity index (χ4v) is 12.7.